The molecule has 2 atom stereocenters. The van der Waals surface area contributed by atoms with Crippen LogP contribution in [0.25, 0.3) is 22.3 Å². The number of nitrogens with one attached hydrogen (secondary N) is 1. The van der Waals surface area contributed by atoms with Crippen LogP contribution in [0.5, 0.6) is 0 Å². The summed E-state index contributed by atoms with van der Waals surface area (Å²) in [6.07, 6.45) is 0.219. The van der Waals surface area contributed by atoms with Crippen LogP contribution in [-0.4, -0.2) is 41.8 Å². The van der Waals surface area contributed by atoms with Gasteiger partial charge in [0.2, 0.25) is 5.95 Å². The number of nitrogens with zero attached hydrogens (tertiary/aromatic N) is 7. The summed E-state index contributed by atoms with van der Waals surface area (Å²) in [6, 6.07) is 7.43. The molecule has 5 rings (SSSR count). The zero-order chi connectivity index (χ0) is 26.2. The van der Waals surface area contributed by atoms with E-state index in [4.69, 9.17) is 0 Å². The molecular weight excluding hydrogens is 495 g/mol. The topological polar surface area (TPSA) is 97.2 Å². The minimum atomic E-state index is -4.74. The average Bonchev–Trinajstić information content (AvgIpc) is 3.50. The van der Waals surface area contributed by atoms with E-state index in [1.54, 1.807) is 18.5 Å². The Kier molecular flexibility index (Phi) is 6.49. The van der Waals surface area contributed by atoms with E-state index < -0.39 is 30.4 Å². The maximum Gasteiger partial charge on any atom is 0.419 e. The second kappa shape index (κ2) is 9.76. The van der Waals surface area contributed by atoms with E-state index in [0.29, 0.717) is 18.2 Å². The smallest absolute Gasteiger partial charge is 0.351 e. The Labute approximate surface area is 207 Å². The van der Waals surface area contributed by atoms with Gasteiger partial charge in [-0.2, -0.15) is 23.5 Å². The van der Waals surface area contributed by atoms with Gasteiger partial charge in [-0.25, -0.2) is 23.7 Å². The van der Waals surface area contributed by atoms with Crippen molar-refractivity contribution in [3.8, 4) is 17.3 Å². The van der Waals surface area contributed by atoms with Crippen molar-refractivity contribution in [1.29, 1.82) is 5.26 Å². The minimum Gasteiger partial charge on any atom is -0.351 e. The van der Waals surface area contributed by atoms with E-state index in [2.05, 4.69) is 31.4 Å². The molecule has 0 spiro atoms. The number of para-hydroxylation sites is 1. The summed E-state index contributed by atoms with van der Waals surface area (Å²) in [5, 5.41) is 16.4. The van der Waals surface area contributed by atoms with Gasteiger partial charge in [-0.1, -0.05) is 6.07 Å². The predicted octanol–water partition coefficient (Wildman–Crippen LogP) is 5.44. The van der Waals surface area contributed by atoms with Crippen molar-refractivity contribution in [2.24, 2.45) is 0 Å². The maximum atomic E-state index is 13.7. The van der Waals surface area contributed by atoms with Crippen molar-refractivity contribution in [2.75, 3.05) is 5.32 Å². The fourth-order valence-corrected chi connectivity index (χ4v) is 4.79. The number of imidazole rings is 1. The molecule has 0 aliphatic heterocycles. The highest BCUT2D eigenvalue weighted by Gasteiger charge is 2.36. The van der Waals surface area contributed by atoms with Gasteiger partial charge >= 0.3 is 6.18 Å². The predicted molar refractivity (Wildman–Crippen MR) is 124 cm³/mol. The molecule has 1 aliphatic rings. The molecule has 4 aromatic rings. The highest BCUT2D eigenvalue weighted by molar-refractivity contribution is 5.81. The van der Waals surface area contributed by atoms with Crippen LogP contribution in [0.2, 0.25) is 0 Å². The van der Waals surface area contributed by atoms with Crippen molar-refractivity contribution < 1.29 is 22.0 Å². The summed E-state index contributed by atoms with van der Waals surface area (Å²) in [6.45, 7) is -0.739. The molecule has 0 unspecified atom stereocenters. The number of aromatic nitrogens is 6. The molecule has 3 heterocycles. The van der Waals surface area contributed by atoms with Gasteiger partial charge in [0, 0.05) is 30.0 Å². The molecular formula is C24H21F5N8. The molecule has 0 amide bonds. The number of fused-ring (bicyclic) bond motifs is 1. The molecule has 37 heavy (non-hydrogen) atoms. The van der Waals surface area contributed by atoms with Crippen molar-refractivity contribution in [3.05, 3.63) is 54.2 Å². The maximum absolute atomic E-state index is 13.7. The molecule has 0 saturated heterocycles. The Morgan fingerprint density at radius 1 is 1.16 bits per heavy atom. The number of nitriles is 1. The lowest BCUT2D eigenvalue weighted by Crippen LogP contribution is -2.29. The van der Waals surface area contributed by atoms with Gasteiger partial charge in [0.25, 0.3) is 6.43 Å². The monoisotopic (exact) mass is 516 g/mol. The van der Waals surface area contributed by atoms with E-state index in [1.165, 1.54) is 0 Å². The van der Waals surface area contributed by atoms with Gasteiger partial charge in [-0.3, -0.25) is 4.68 Å². The first-order valence-electron chi connectivity index (χ1n) is 11.6. The number of benzene rings is 1. The van der Waals surface area contributed by atoms with Gasteiger partial charge in [0.05, 0.1) is 34.8 Å². The molecule has 1 fully saturated rings. The molecule has 3 aromatic heterocycles. The number of halogens is 5. The van der Waals surface area contributed by atoms with Crippen LogP contribution >= 0.6 is 0 Å². The standard InChI is InChI=1S/C24H21F5N8/c25-20(26)12-36-11-15(9-33-36)21-18(24(27,28)29)10-31-23(35-21)34-16-4-2-5-17(7-16)37-13-32-19-6-1-3-14(8-30)22(19)37/h1,3,6,9-11,13,16-17,20H,2,4-5,7,12H2,(H,31,34,35)/t16-,17+/m1/s1. The quantitative estimate of drug-likeness (QED) is 0.343. The van der Waals surface area contributed by atoms with E-state index in [1.807, 2.05) is 10.6 Å². The first-order chi connectivity index (χ1) is 17.7. The van der Waals surface area contributed by atoms with Gasteiger partial charge in [0.15, 0.2) is 0 Å². The SMILES string of the molecule is N#Cc1cccc2ncn([C@H]3CCC[C@@H](Nc4ncc(C(F)(F)F)c(-c5cnn(CC(F)F)c5)n4)C3)c12. The summed E-state index contributed by atoms with van der Waals surface area (Å²) >= 11 is 0. The second-order valence-corrected chi connectivity index (χ2v) is 8.89. The fourth-order valence-electron chi connectivity index (χ4n) is 4.79. The Hall–Kier alpha value is -4.08. The summed E-state index contributed by atoms with van der Waals surface area (Å²) in [5.74, 6) is 0.00321. The van der Waals surface area contributed by atoms with E-state index in [0.717, 1.165) is 47.4 Å². The second-order valence-electron chi connectivity index (χ2n) is 8.89. The van der Waals surface area contributed by atoms with Crippen LogP contribution in [0, 0.1) is 11.3 Å². The number of rotatable bonds is 6. The minimum absolute atomic E-state index is 0.00321. The first kappa shape index (κ1) is 24.6. The molecule has 1 aliphatic carbocycles. The molecule has 1 N–H and O–H groups in total. The molecule has 13 heteroatoms. The Morgan fingerprint density at radius 2 is 2.00 bits per heavy atom. The van der Waals surface area contributed by atoms with E-state index in [-0.39, 0.29) is 23.6 Å². The highest BCUT2D eigenvalue weighted by atomic mass is 19.4. The fraction of sp³-hybridized carbons (Fsp3) is 0.375. The van der Waals surface area contributed by atoms with Gasteiger partial charge in [-0.05, 0) is 37.8 Å². The summed E-state index contributed by atoms with van der Waals surface area (Å²) in [7, 11) is 0. The zero-order valence-electron chi connectivity index (χ0n) is 19.3. The van der Waals surface area contributed by atoms with E-state index >= 15 is 0 Å². The van der Waals surface area contributed by atoms with Crippen molar-refractivity contribution in [2.45, 2.75) is 56.9 Å². The van der Waals surface area contributed by atoms with Gasteiger partial charge < -0.3 is 9.88 Å². The van der Waals surface area contributed by atoms with Crippen LogP contribution < -0.4 is 5.32 Å². The van der Waals surface area contributed by atoms with Crippen LogP contribution in [0.4, 0.5) is 27.9 Å². The number of hydrogen-bond acceptors (Lipinski definition) is 6. The average molecular weight is 516 g/mol. The Bertz CT molecular complexity index is 1450. The lowest BCUT2D eigenvalue weighted by atomic mass is 9.90. The normalized spacial score (nSPS) is 18.3. The van der Waals surface area contributed by atoms with Gasteiger partial charge in [-0.15, -0.1) is 0 Å². The number of anilines is 1. The van der Waals surface area contributed by atoms with E-state index in [9.17, 15) is 27.2 Å². The molecule has 1 aromatic carbocycles. The largest absolute Gasteiger partial charge is 0.419 e. The van der Waals surface area contributed by atoms with Crippen LogP contribution in [-0.2, 0) is 12.7 Å². The molecule has 0 radical (unpaired) electrons. The van der Waals surface area contributed by atoms with Crippen molar-refractivity contribution >= 4 is 17.0 Å². The molecule has 8 nitrogen and oxygen atoms in total. The first-order valence-corrected chi connectivity index (χ1v) is 11.6. The number of alkyl halides is 5. The summed E-state index contributed by atoms with van der Waals surface area (Å²) in [4.78, 5) is 12.4. The molecule has 192 valence electrons. The van der Waals surface area contributed by atoms with Crippen LogP contribution in [0.3, 0.4) is 0 Å². The zero-order valence-corrected chi connectivity index (χ0v) is 19.3. The van der Waals surface area contributed by atoms with Crippen LogP contribution in [0.15, 0.2) is 43.1 Å². The Morgan fingerprint density at radius 3 is 2.76 bits per heavy atom. The van der Waals surface area contributed by atoms with Crippen molar-refractivity contribution in [1.82, 2.24) is 29.3 Å². The third-order valence-electron chi connectivity index (χ3n) is 6.41. The lowest BCUT2D eigenvalue weighted by molar-refractivity contribution is -0.137. The number of hydrogen-bond donors (Lipinski definition) is 1. The van der Waals surface area contributed by atoms with Crippen molar-refractivity contribution in [3.63, 3.8) is 0 Å². The lowest BCUT2D eigenvalue weighted by Gasteiger charge is -2.31. The third kappa shape index (κ3) is 5.09. The molecule has 1 saturated carbocycles. The Balaban J connectivity index is 1.40. The highest BCUT2D eigenvalue weighted by Crippen LogP contribution is 2.37. The summed E-state index contributed by atoms with van der Waals surface area (Å²) in [5.41, 5.74) is 0.450. The van der Waals surface area contributed by atoms with Crippen LogP contribution in [0.1, 0.15) is 42.9 Å². The summed E-state index contributed by atoms with van der Waals surface area (Å²) < 4.78 is 69.2. The molecule has 0 bridgehead atoms. The third-order valence-corrected chi connectivity index (χ3v) is 6.41. The van der Waals surface area contributed by atoms with Gasteiger partial charge in [0.1, 0.15) is 18.2 Å².